The SMILES string of the molecule is Cc1ncn(-c2ncc(NC(=O)CC(C)C)cn2)c1C. The van der Waals surface area contributed by atoms with Crippen molar-refractivity contribution in [2.24, 2.45) is 5.92 Å². The Morgan fingerprint density at radius 1 is 1.25 bits per heavy atom. The molecule has 0 spiro atoms. The van der Waals surface area contributed by atoms with Crippen LogP contribution in [0.4, 0.5) is 5.69 Å². The van der Waals surface area contributed by atoms with Gasteiger partial charge in [-0.05, 0) is 19.8 Å². The van der Waals surface area contributed by atoms with Gasteiger partial charge in [0.25, 0.3) is 0 Å². The minimum Gasteiger partial charge on any atom is -0.323 e. The number of amides is 1. The van der Waals surface area contributed by atoms with Gasteiger partial charge in [-0.25, -0.2) is 15.0 Å². The third-order valence-corrected chi connectivity index (χ3v) is 2.98. The summed E-state index contributed by atoms with van der Waals surface area (Å²) in [6, 6.07) is 0. The number of anilines is 1. The minimum absolute atomic E-state index is 0.0222. The summed E-state index contributed by atoms with van der Waals surface area (Å²) in [6.07, 6.45) is 5.39. The molecular formula is C14H19N5O. The van der Waals surface area contributed by atoms with Crippen LogP contribution in [0.2, 0.25) is 0 Å². The number of hydrogen-bond donors (Lipinski definition) is 1. The lowest BCUT2D eigenvalue weighted by Gasteiger charge is -2.07. The Hall–Kier alpha value is -2.24. The highest BCUT2D eigenvalue weighted by atomic mass is 16.1. The van der Waals surface area contributed by atoms with Crippen LogP contribution in [0.5, 0.6) is 0 Å². The summed E-state index contributed by atoms with van der Waals surface area (Å²) in [6.45, 7) is 7.91. The van der Waals surface area contributed by atoms with Crippen molar-refractivity contribution in [3.05, 3.63) is 30.1 Å². The third-order valence-electron chi connectivity index (χ3n) is 2.98. The van der Waals surface area contributed by atoms with Crippen molar-refractivity contribution < 1.29 is 4.79 Å². The van der Waals surface area contributed by atoms with Gasteiger partial charge in [-0.1, -0.05) is 13.8 Å². The van der Waals surface area contributed by atoms with Gasteiger partial charge < -0.3 is 5.32 Å². The molecule has 0 bridgehead atoms. The topological polar surface area (TPSA) is 72.7 Å². The number of carbonyl (C=O) groups excluding carboxylic acids is 1. The molecule has 2 aromatic heterocycles. The van der Waals surface area contributed by atoms with Crippen molar-refractivity contribution in [1.29, 1.82) is 0 Å². The van der Waals surface area contributed by atoms with Gasteiger partial charge in [0.15, 0.2) is 0 Å². The first-order valence-corrected chi connectivity index (χ1v) is 6.60. The average molecular weight is 273 g/mol. The molecule has 0 atom stereocenters. The molecule has 0 unspecified atom stereocenters. The molecule has 0 aliphatic carbocycles. The minimum atomic E-state index is -0.0222. The van der Waals surface area contributed by atoms with Gasteiger partial charge >= 0.3 is 0 Å². The van der Waals surface area contributed by atoms with Crippen molar-refractivity contribution in [2.75, 3.05) is 5.32 Å². The molecular weight excluding hydrogens is 254 g/mol. The van der Waals surface area contributed by atoms with Gasteiger partial charge in [0.05, 0.1) is 23.8 Å². The largest absolute Gasteiger partial charge is 0.323 e. The first kappa shape index (κ1) is 14.2. The Kier molecular flexibility index (Phi) is 4.12. The van der Waals surface area contributed by atoms with E-state index in [1.165, 1.54) is 0 Å². The number of nitrogens with one attached hydrogen (secondary N) is 1. The Morgan fingerprint density at radius 2 is 1.90 bits per heavy atom. The zero-order valence-electron chi connectivity index (χ0n) is 12.2. The number of aromatic nitrogens is 4. The quantitative estimate of drug-likeness (QED) is 0.927. The molecule has 0 aliphatic rings. The second kappa shape index (κ2) is 5.81. The number of hydrogen-bond acceptors (Lipinski definition) is 4. The zero-order valence-corrected chi connectivity index (χ0v) is 12.2. The molecule has 6 heteroatoms. The number of carbonyl (C=O) groups is 1. The molecule has 0 saturated heterocycles. The van der Waals surface area contributed by atoms with E-state index < -0.39 is 0 Å². The van der Waals surface area contributed by atoms with Gasteiger partial charge in [0.1, 0.15) is 6.33 Å². The van der Waals surface area contributed by atoms with Crippen LogP contribution in [-0.4, -0.2) is 25.4 Å². The van der Waals surface area contributed by atoms with Crippen LogP contribution in [0.3, 0.4) is 0 Å². The first-order chi connectivity index (χ1) is 9.47. The van der Waals surface area contributed by atoms with E-state index >= 15 is 0 Å². The van der Waals surface area contributed by atoms with Crippen molar-refractivity contribution in [2.45, 2.75) is 34.1 Å². The van der Waals surface area contributed by atoms with Crippen LogP contribution in [0.15, 0.2) is 18.7 Å². The van der Waals surface area contributed by atoms with Crippen molar-refractivity contribution >= 4 is 11.6 Å². The summed E-state index contributed by atoms with van der Waals surface area (Å²) in [5.41, 5.74) is 2.55. The fourth-order valence-corrected chi connectivity index (χ4v) is 1.79. The molecule has 2 heterocycles. The lowest BCUT2D eigenvalue weighted by Crippen LogP contribution is -2.14. The van der Waals surface area contributed by atoms with Gasteiger partial charge in [0, 0.05) is 12.1 Å². The summed E-state index contributed by atoms with van der Waals surface area (Å²) in [4.78, 5) is 24.4. The maximum absolute atomic E-state index is 11.7. The Morgan fingerprint density at radius 3 is 2.40 bits per heavy atom. The lowest BCUT2D eigenvalue weighted by atomic mass is 10.1. The molecule has 6 nitrogen and oxygen atoms in total. The Bertz CT molecular complexity index is 601. The zero-order chi connectivity index (χ0) is 14.7. The lowest BCUT2D eigenvalue weighted by molar-refractivity contribution is -0.116. The summed E-state index contributed by atoms with van der Waals surface area (Å²) in [5.74, 6) is 0.850. The molecule has 0 radical (unpaired) electrons. The maximum atomic E-state index is 11.7. The molecule has 0 aromatic carbocycles. The van der Waals surface area contributed by atoms with E-state index in [0.29, 0.717) is 24.0 Å². The molecule has 2 aromatic rings. The molecule has 0 aliphatic heterocycles. The van der Waals surface area contributed by atoms with Gasteiger partial charge in [-0.2, -0.15) is 0 Å². The molecule has 1 N–H and O–H groups in total. The summed E-state index contributed by atoms with van der Waals surface area (Å²) >= 11 is 0. The van der Waals surface area contributed by atoms with Crippen LogP contribution >= 0.6 is 0 Å². The maximum Gasteiger partial charge on any atom is 0.235 e. The average Bonchev–Trinajstić information content (AvgIpc) is 2.70. The number of aryl methyl sites for hydroxylation is 1. The van der Waals surface area contributed by atoms with Gasteiger partial charge in [-0.15, -0.1) is 0 Å². The number of rotatable bonds is 4. The smallest absolute Gasteiger partial charge is 0.235 e. The van der Waals surface area contributed by atoms with E-state index in [2.05, 4.69) is 20.3 Å². The van der Waals surface area contributed by atoms with E-state index in [4.69, 9.17) is 0 Å². The number of imidazole rings is 1. The fourth-order valence-electron chi connectivity index (χ4n) is 1.79. The van der Waals surface area contributed by atoms with Crippen LogP contribution in [0.25, 0.3) is 5.95 Å². The fraction of sp³-hybridized carbons (Fsp3) is 0.429. The molecule has 2 rings (SSSR count). The molecule has 106 valence electrons. The Labute approximate surface area is 118 Å². The highest BCUT2D eigenvalue weighted by Crippen LogP contribution is 2.12. The Balaban J connectivity index is 2.11. The normalized spacial score (nSPS) is 10.8. The van der Waals surface area contributed by atoms with Gasteiger partial charge in [-0.3, -0.25) is 9.36 Å². The van der Waals surface area contributed by atoms with Crippen molar-refractivity contribution in [1.82, 2.24) is 19.5 Å². The van der Waals surface area contributed by atoms with E-state index in [0.717, 1.165) is 11.4 Å². The summed E-state index contributed by atoms with van der Waals surface area (Å²) < 4.78 is 1.81. The van der Waals surface area contributed by atoms with Crippen molar-refractivity contribution in [3.63, 3.8) is 0 Å². The van der Waals surface area contributed by atoms with Crippen LogP contribution in [0, 0.1) is 19.8 Å². The van der Waals surface area contributed by atoms with Crippen LogP contribution < -0.4 is 5.32 Å². The molecule has 0 fully saturated rings. The van der Waals surface area contributed by atoms with E-state index in [9.17, 15) is 4.79 Å². The van der Waals surface area contributed by atoms with Crippen LogP contribution in [0.1, 0.15) is 31.7 Å². The summed E-state index contributed by atoms with van der Waals surface area (Å²) in [5, 5.41) is 2.78. The predicted molar refractivity (Wildman–Crippen MR) is 76.7 cm³/mol. The highest BCUT2D eigenvalue weighted by molar-refractivity contribution is 5.90. The predicted octanol–water partition coefficient (Wildman–Crippen LogP) is 2.26. The third kappa shape index (κ3) is 3.20. The van der Waals surface area contributed by atoms with Crippen LogP contribution in [-0.2, 0) is 4.79 Å². The van der Waals surface area contributed by atoms with Gasteiger partial charge in [0.2, 0.25) is 11.9 Å². The molecule has 20 heavy (non-hydrogen) atoms. The second-order valence-corrected chi connectivity index (χ2v) is 5.20. The standard InChI is InChI=1S/C14H19N5O/c1-9(2)5-13(20)18-12-6-15-14(16-7-12)19-8-17-10(3)11(19)4/h6-9H,5H2,1-4H3,(H,18,20). The van der Waals surface area contributed by atoms with E-state index in [1.807, 2.05) is 32.3 Å². The monoisotopic (exact) mass is 273 g/mol. The molecule has 1 amide bonds. The number of nitrogens with zero attached hydrogens (tertiary/aromatic N) is 4. The highest BCUT2D eigenvalue weighted by Gasteiger charge is 2.08. The molecule has 0 saturated carbocycles. The van der Waals surface area contributed by atoms with E-state index in [-0.39, 0.29) is 5.91 Å². The van der Waals surface area contributed by atoms with Crippen molar-refractivity contribution in [3.8, 4) is 5.95 Å². The second-order valence-electron chi connectivity index (χ2n) is 5.20. The van der Waals surface area contributed by atoms with E-state index in [1.54, 1.807) is 18.7 Å². The summed E-state index contributed by atoms with van der Waals surface area (Å²) in [7, 11) is 0. The first-order valence-electron chi connectivity index (χ1n) is 6.60.